The Hall–Kier alpha value is -2.09. The van der Waals surface area contributed by atoms with Crippen LogP contribution in [0.2, 0.25) is 0 Å². The molecule has 0 aliphatic rings. The molecule has 0 fully saturated rings. The highest BCUT2D eigenvalue weighted by atomic mass is 32.2. The summed E-state index contributed by atoms with van der Waals surface area (Å²) < 4.78 is 30.8. The van der Waals surface area contributed by atoms with Crippen LogP contribution >= 0.6 is 0 Å². The van der Waals surface area contributed by atoms with Crippen molar-refractivity contribution in [2.24, 2.45) is 0 Å². The van der Waals surface area contributed by atoms with Crippen LogP contribution in [0.4, 0.5) is 10.5 Å². The molecule has 0 unspecified atom stereocenters. The SMILES string of the molecule is COC(=O)NS(=O)(=O)Nc1cccc(C(C)=O)c1. The molecule has 1 rings (SSSR count). The normalized spacial score (nSPS) is 10.6. The lowest BCUT2D eigenvalue weighted by atomic mass is 10.1. The molecule has 18 heavy (non-hydrogen) atoms. The van der Waals surface area contributed by atoms with Crippen LogP contribution in [0.15, 0.2) is 24.3 Å². The second-order valence-corrected chi connectivity index (χ2v) is 4.75. The minimum absolute atomic E-state index is 0.166. The molecule has 1 amide bonds. The van der Waals surface area contributed by atoms with Crippen molar-refractivity contribution in [1.82, 2.24) is 4.72 Å². The number of nitrogens with one attached hydrogen (secondary N) is 2. The number of ether oxygens (including phenoxy) is 1. The number of carbonyl (C=O) groups is 2. The topological polar surface area (TPSA) is 102 Å². The monoisotopic (exact) mass is 272 g/mol. The van der Waals surface area contributed by atoms with Gasteiger partial charge in [0.2, 0.25) is 0 Å². The van der Waals surface area contributed by atoms with E-state index in [9.17, 15) is 18.0 Å². The van der Waals surface area contributed by atoms with Crippen LogP contribution in [0, 0.1) is 0 Å². The summed E-state index contributed by atoms with van der Waals surface area (Å²) >= 11 is 0. The van der Waals surface area contributed by atoms with Crippen molar-refractivity contribution < 1.29 is 22.7 Å². The third kappa shape index (κ3) is 4.06. The Morgan fingerprint density at radius 2 is 1.94 bits per heavy atom. The minimum atomic E-state index is -4.07. The molecule has 8 heteroatoms. The maximum absolute atomic E-state index is 11.4. The number of ketones is 1. The predicted molar refractivity (Wildman–Crippen MR) is 64.5 cm³/mol. The van der Waals surface area contributed by atoms with Crippen LogP contribution < -0.4 is 9.44 Å². The number of methoxy groups -OCH3 is 1. The van der Waals surface area contributed by atoms with E-state index < -0.39 is 16.3 Å². The van der Waals surface area contributed by atoms with Gasteiger partial charge >= 0.3 is 16.3 Å². The zero-order valence-electron chi connectivity index (χ0n) is 9.76. The highest BCUT2D eigenvalue weighted by Gasteiger charge is 2.14. The molecule has 0 spiro atoms. The fourth-order valence-corrected chi connectivity index (χ4v) is 1.92. The Balaban J connectivity index is 2.87. The fourth-order valence-electron chi connectivity index (χ4n) is 1.13. The number of hydrogen-bond donors (Lipinski definition) is 2. The van der Waals surface area contributed by atoms with Gasteiger partial charge in [-0.25, -0.2) is 9.52 Å². The predicted octanol–water partition coefficient (Wildman–Crippen LogP) is 0.902. The smallest absolute Gasteiger partial charge is 0.422 e. The van der Waals surface area contributed by atoms with Crippen molar-refractivity contribution >= 4 is 27.8 Å². The summed E-state index contributed by atoms with van der Waals surface area (Å²) in [5.74, 6) is -0.197. The zero-order valence-corrected chi connectivity index (χ0v) is 10.6. The summed E-state index contributed by atoms with van der Waals surface area (Å²) in [5, 5.41) is 0. The fraction of sp³-hybridized carbons (Fsp3) is 0.200. The first kappa shape index (κ1) is 14.0. The maximum atomic E-state index is 11.4. The maximum Gasteiger partial charge on any atom is 0.422 e. The summed E-state index contributed by atoms with van der Waals surface area (Å²) in [7, 11) is -3.03. The molecule has 0 atom stereocenters. The first-order chi connectivity index (χ1) is 8.34. The number of Topliss-reactive ketones (excluding diaryl/α,β-unsaturated/α-hetero) is 1. The summed E-state index contributed by atoms with van der Waals surface area (Å²) in [6.07, 6.45) is -1.11. The van der Waals surface area contributed by atoms with Crippen molar-refractivity contribution in [2.75, 3.05) is 11.8 Å². The summed E-state index contributed by atoms with van der Waals surface area (Å²) in [5.41, 5.74) is 0.521. The Morgan fingerprint density at radius 3 is 2.50 bits per heavy atom. The summed E-state index contributed by atoms with van der Waals surface area (Å²) in [4.78, 5) is 21.9. The highest BCUT2D eigenvalue weighted by molar-refractivity contribution is 7.91. The number of carbonyl (C=O) groups excluding carboxylic acids is 2. The third-order valence-electron chi connectivity index (χ3n) is 1.92. The first-order valence-electron chi connectivity index (χ1n) is 4.83. The Bertz CT molecular complexity index is 567. The van der Waals surface area contributed by atoms with Gasteiger partial charge in [-0.2, -0.15) is 8.42 Å². The number of hydrogen-bond acceptors (Lipinski definition) is 5. The molecule has 0 bridgehead atoms. The van der Waals surface area contributed by atoms with Crippen molar-refractivity contribution in [3.8, 4) is 0 Å². The van der Waals surface area contributed by atoms with Gasteiger partial charge in [0, 0.05) is 5.56 Å². The minimum Gasteiger partial charge on any atom is -0.452 e. The van der Waals surface area contributed by atoms with Crippen LogP contribution in [-0.4, -0.2) is 27.4 Å². The molecule has 0 saturated carbocycles. The van der Waals surface area contributed by atoms with Crippen molar-refractivity contribution in [2.45, 2.75) is 6.92 Å². The number of benzene rings is 1. The molecule has 0 saturated heterocycles. The van der Waals surface area contributed by atoms with E-state index in [2.05, 4.69) is 9.46 Å². The summed E-state index contributed by atoms with van der Waals surface area (Å²) in [6, 6.07) is 5.88. The van der Waals surface area contributed by atoms with Gasteiger partial charge in [-0.1, -0.05) is 12.1 Å². The second kappa shape index (κ2) is 5.50. The van der Waals surface area contributed by atoms with E-state index in [0.717, 1.165) is 7.11 Å². The van der Waals surface area contributed by atoms with Gasteiger partial charge < -0.3 is 4.74 Å². The van der Waals surface area contributed by atoms with E-state index in [1.54, 1.807) is 10.8 Å². The van der Waals surface area contributed by atoms with E-state index in [4.69, 9.17) is 0 Å². The van der Waals surface area contributed by atoms with E-state index in [1.807, 2.05) is 0 Å². The van der Waals surface area contributed by atoms with E-state index >= 15 is 0 Å². The standard InChI is InChI=1S/C10H12N2O5S/c1-7(13)8-4-3-5-9(6-8)11-18(15,16)12-10(14)17-2/h3-6,11H,1-2H3,(H,12,14). The Morgan fingerprint density at radius 1 is 1.28 bits per heavy atom. The molecule has 2 N–H and O–H groups in total. The molecule has 0 aromatic heterocycles. The quantitative estimate of drug-likeness (QED) is 0.793. The molecule has 0 radical (unpaired) electrons. The zero-order chi connectivity index (χ0) is 13.8. The second-order valence-electron chi connectivity index (χ2n) is 3.34. The lowest BCUT2D eigenvalue weighted by Crippen LogP contribution is -2.35. The molecule has 1 aromatic carbocycles. The van der Waals surface area contributed by atoms with E-state index in [1.165, 1.54) is 25.1 Å². The molecule has 1 aromatic rings. The van der Waals surface area contributed by atoms with Crippen LogP contribution in [0.1, 0.15) is 17.3 Å². The van der Waals surface area contributed by atoms with Crippen molar-refractivity contribution in [3.05, 3.63) is 29.8 Å². The Labute approximate surface area is 104 Å². The highest BCUT2D eigenvalue weighted by Crippen LogP contribution is 2.12. The van der Waals surface area contributed by atoms with Crippen LogP contribution in [0.25, 0.3) is 0 Å². The first-order valence-corrected chi connectivity index (χ1v) is 6.32. The summed E-state index contributed by atoms with van der Waals surface area (Å²) in [6.45, 7) is 1.36. The molecule has 7 nitrogen and oxygen atoms in total. The van der Waals surface area contributed by atoms with Gasteiger partial charge in [-0.3, -0.25) is 9.52 Å². The van der Waals surface area contributed by atoms with Gasteiger partial charge in [-0.15, -0.1) is 0 Å². The van der Waals surface area contributed by atoms with Gasteiger partial charge in [0.15, 0.2) is 5.78 Å². The van der Waals surface area contributed by atoms with E-state index in [0.29, 0.717) is 5.56 Å². The average Bonchev–Trinajstić information content (AvgIpc) is 2.27. The lowest BCUT2D eigenvalue weighted by Gasteiger charge is -2.08. The van der Waals surface area contributed by atoms with Crippen LogP contribution in [0.5, 0.6) is 0 Å². The Kier molecular flexibility index (Phi) is 4.27. The van der Waals surface area contributed by atoms with Crippen LogP contribution in [-0.2, 0) is 14.9 Å². The van der Waals surface area contributed by atoms with E-state index in [-0.39, 0.29) is 11.5 Å². The van der Waals surface area contributed by atoms with Gasteiger partial charge in [0.05, 0.1) is 12.8 Å². The van der Waals surface area contributed by atoms with Crippen LogP contribution in [0.3, 0.4) is 0 Å². The largest absolute Gasteiger partial charge is 0.452 e. The lowest BCUT2D eigenvalue weighted by molar-refractivity contribution is 0.101. The average molecular weight is 272 g/mol. The molecule has 0 heterocycles. The molecular formula is C10H12N2O5S. The van der Waals surface area contributed by atoms with Crippen molar-refractivity contribution in [1.29, 1.82) is 0 Å². The molecule has 0 aliphatic carbocycles. The van der Waals surface area contributed by atoms with Crippen molar-refractivity contribution in [3.63, 3.8) is 0 Å². The van der Waals surface area contributed by atoms with Gasteiger partial charge in [0.1, 0.15) is 0 Å². The molecule has 98 valence electrons. The van der Waals surface area contributed by atoms with Gasteiger partial charge in [-0.05, 0) is 19.1 Å². The number of amides is 1. The number of rotatable bonds is 4. The third-order valence-corrected chi connectivity index (χ3v) is 2.86. The molecule has 0 aliphatic heterocycles. The molecular weight excluding hydrogens is 260 g/mol. The number of anilines is 1. The van der Waals surface area contributed by atoms with Gasteiger partial charge in [0.25, 0.3) is 0 Å².